The van der Waals surface area contributed by atoms with E-state index >= 15 is 0 Å². The SMILES string of the molecule is CC(C)(C)OC(=O)N1CCC(CN2CC(Cl)CC2=O)CC1. The van der Waals surface area contributed by atoms with Crippen molar-refractivity contribution in [2.75, 3.05) is 26.2 Å². The second kappa shape index (κ2) is 6.42. The summed E-state index contributed by atoms with van der Waals surface area (Å²) in [7, 11) is 0. The number of alkyl halides is 1. The fourth-order valence-electron chi connectivity index (χ4n) is 2.84. The molecule has 21 heavy (non-hydrogen) atoms. The molecule has 0 saturated carbocycles. The number of likely N-dealkylation sites (tertiary alicyclic amines) is 2. The molecule has 2 aliphatic heterocycles. The van der Waals surface area contributed by atoms with Gasteiger partial charge in [0.2, 0.25) is 5.91 Å². The standard InChI is InChI=1S/C15H25ClN2O3/c1-15(2,3)21-14(20)17-6-4-11(5-7-17)9-18-10-12(16)8-13(18)19/h11-12H,4-10H2,1-3H3. The zero-order valence-electron chi connectivity index (χ0n) is 13.1. The molecule has 6 heteroatoms. The second-order valence-electron chi connectivity index (χ2n) is 7.01. The molecule has 2 heterocycles. The fraction of sp³-hybridized carbons (Fsp3) is 0.867. The van der Waals surface area contributed by atoms with Gasteiger partial charge >= 0.3 is 6.09 Å². The predicted molar refractivity (Wildman–Crippen MR) is 81.4 cm³/mol. The number of halogens is 1. The van der Waals surface area contributed by atoms with E-state index in [1.807, 2.05) is 25.7 Å². The molecule has 1 atom stereocenters. The highest BCUT2D eigenvalue weighted by Crippen LogP contribution is 2.24. The van der Waals surface area contributed by atoms with Gasteiger partial charge in [0.05, 0.1) is 5.38 Å². The average Bonchev–Trinajstić information content (AvgIpc) is 2.66. The lowest BCUT2D eigenvalue weighted by Crippen LogP contribution is -2.44. The van der Waals surface area contributed by atoms with Crippen LogP contribution < -0.4 is 0 Å². The summed E-state index contributed by atoms with van der Waals surface area (Å²) in [5.41, 5.74) is -0.453. The minimum absolute atomic E-state index is 0.0423. The Morgan fingerprint density at radius 3 is 2.43 bits per heavy atom. The summed E-state index contributed by atoms with van der Waals surface area (Å²) in [5.74, 6) is 0.610. The Hall–Kier alpha value is -0.970. The van der Waals surface area contributed by atoms with E-state index in [1.165, 1.54) is 0 Å². The lowest BCUT2D eigenvalue weighted by atomic mass is 9.96. The van der Waals surface area contributed by atoms with Crippen LogP contribution in [0.4, 0.5) is 4.79 Å². The first-order valence-corrected chi connectivity index (χ1v) is 8.08. The van der Waals surface area contributed by atoms with Gasteiger partial charge in [-0.2, -0.15) is 0 Å². The van der Waals surface area contributed by atoms with E-state index in [0.717, 1.165) is 19.4 Å². The Morgan fingerprint density at radius 1 is 1.33 bits per heavy atom. The highest BCUT2D eigenvalue weighted by Gasteiger charge is 2.32. The maximum atomic E-state index is 12.0. The Kier molecular flexibility index (Phi) is 5.02. The van der Waals surface area contributed by atoms with Crippen molar-refractivity contribution in [2.45, 2.75) is 51.0 Å². The second-order valence-corrected chi connectivity index (χ2v) is 7.63. The van der Waals surface area contributed by atoms with E-state index in [9.17, 15) is 9.59 Å². The number of amides is 2. The predicted octanol–water partition coefficient (Wildman–Crippen LogP) is 2.47. The number of carbonyl (C=O) groups is 2. The third-order valence-electron chi connectivity index (χ3n) is 3.91. The largest absolute Gasteiger partial charge is 0.444 e. The maximum Gasteiger partial charge on any atom is 0.410 e. The normalized spacial score (nSPS) is 24.6. The Bertz CT molecular complexity index is 400. The van der Waals surface area contributed by atoms with Gasteiger partial charge in [0.25, 0.3) is 0 Å². The summed E-state index contributed by atoms with van der Waals surface area (Å²) in [6.07, 6.45) is 2.04. The number of nitrogens with zero attached hydrogens (tertiary/aromatic N) is 2. The Labute approximate surface area is 131 Å². The van der Waals surface area contributed by atoms with E-state index in [2.05, 4.69) is 0 Å². The molecule has 2 rings (SSSR count). The molecular weight excluding hydrogens is 292 g/mol. The number of piperidine rings is 1. The van der Waals surface area contributed by atoms with Crippen molar-refractivity contribution >= 4 is 23.6 Å². The molecule has 2 saturated heterocycles. The van der Waals surface area contributed by atoms with Crippen molar-refractivity contribution in [3.05, 3.63) is 0 Å². The van der Waals surface area contributed by atoms with E-state index in [4.69, 9.17) is 16.3 Å². The monoisotopic (exact) mass is 316 g/mol. The molecule has 0 N–H and O–H groups in total. The molecule has 0 aromatic heterocycles. The molecule has 0 aromatic carbocycles. The zero-order valence-corrected chi connectivity index (χ0v) is 13.9. The summed E-state index contributed by atoms with van der Waals surface area (Å²) in [4.78, 5) is 27.4. The van der Waals surface area contributed by atoms with Crippen molar-refractivity contribution < 1.29 is 14.3 Å². The summed E-state index contributed by atoms with van der Waals surface area (Å²) in [6.45, 7) is 8.45. The van der Waals surface area contributed by atoms with Gasteiger partial charge in [-0.15, -0.1) is 11.6 Å². The third kappa shape index (κ3) is 4.77. The number of hydrogen-bond donors (Lipinski definition) is 0. The van der Waals surface area contributed by atoms with Gasteiger partial charge in [0, 0.05) is 32.6 Å². The summed E-state index contributed by atoms with van der Waals surface area (Å²) >= 11 is 6.01. The van der Waals surface area contributed by atoms with E-state index in [1.54, 1.807) is 4.90 Å². The molecule has 0 bridgehead atoms. The third-order valence-corrected chi connectivity index (χ3v) is 4.20. The van der Waals surface area contributed by atoms with E-state index in [0.29, 0.717) is 32.0 Å². The van der Waals surface area contributed by atoms with Crippen molar-refractivity contribution in [1.29, 1.82) is 0 Å². The zero-order chi connectivity index (χ0) is 15.6. The fourth-order valence-corrected chi connectivity index (χ4v) is 3.14. The van der Waals surface area contributed by atoms with Gasteiger partial charge in [0.1, 0.15) is 5.60 Å². The van der Waals surface area contributed by atoms with Crippen LogP contribution in [0.3, 0.4) is 0 Å². The average molecular weight is 317 g/mol. The molecule has 0 spiro atoms. The van der Waals surface area contributed by atoms with Gasteiger partial charge in [-0.05, 0) is 39.5 Å². The minimum atomic E-state index is -0.453. The molecule has 2 aliphatic rings. The van der Waals surface area contributed by atoms with Crippen molar-refractivity contribution in [3.8, 4) is 0 Å². The van der Waals surface area contributed by atoms with Crippen LogP contribution >= 0.6 is 11.6 Å². The smallest absolute Gasteiger partial charge is 0.410 e. The first-order valence-electron chi connectivity index (χ1n) is 7.64. The number of carbonyl (C=O) groups excluding carboxylic acids is 2. The van der Waals surface area contributed by atoms with E-state index in [-0.39, 0.29) is 17.4 Å². The van der Waals surface area contributed by atoms with Crippen LogP contribution in [0.15, 0.2) is 0 Å². The first kappa shape index (κ1) is 16.4. The van der Waals surface area contributed by atoms with E-state index < -0.39 is 5.60 Å². The lowest BCUT2D eigenvalue weighted by molar-refractivity contribution is -0.128. The molecule has 0 radical (unpaired) electrons. The van der Waals surface area contributed by atoms with Crippen LogP contribution in [-0.4, -0.2) is 59.0 Å². The van der Waals surface area contributed by atoms with Gasteiger partial charge in [0.15, 0.2) is 0 Å². The number of rotatable bonds is 2. The highest BCUT2D eigenvalue weighted by molar-refractivity contribution is 6.22. The van der Waals surface area contributed by atoms with Gasteiger partial charge < -0.3 is 14.5 Å². The molecule has 5 nitrogen and oxygen atoms in total. The number of hydrogen-bond acceptors (Lipinski definition) is 3. The molecule has 2 fully saturated rings. The van der Waals surface area contributed by atoms with Crippen LogP contribution in [-0.2, 0) is 9.53 Å². The number of ether oxygens (including phenoxy) is 1. The van der Waals surface area contributed by atoms with Crippen LogP contribution in [0.5, 0.6) is 0 Å². The Balaban J connectivity index is 1.76. The molecule has 120 valence electrons. The van der Waals surface area contributed by atoms with Crippen molar-refractivity contribution in [3.63, 3.8) is 0 Å². The van der Waals surface area contributed by atoms with Crippen molar-refractivity contribution in [1.82, 2.24) is 9.80 Å². The quantitative estimate of drug-likeness (QED) is 0.735. The summed E-state index contributed by atoms with van der Waals surface area (Å²) in [6, 6.07) is 0. The lowest BCUT2D eigenvalue weighted by Gasteiger charge is -2.34. The molecule has 2 amide bonds. The van der Waals surface area contributed by atoms with Crippen LogP contribution in [0.1, 0.15) is 40.0 Å². The molecular formula is C15H25ClN2O3. The first-order chi connectivity index (χ1) is 9.74. The van der Waals surface area contributed by atoms with Gasteiger partial charge in [-0.3, -0.25) is 4.79 Å². The van der Waals surface area contributed by atoms with Gasteiger partial charge in [-0.25, -0.2) is 4.79 Å². The maximum absolute atomic E-state index is 12.0. The topological polar surface area (TPSA) is 49.9 Å². The van der Waals surface area contributed by atoms with Gasteiger partial charge in [-0.1, -0.05) is 0 Å². The molecule has 0 aromatic rings. The van der Waals surface area contributed by atoms with Crippen molar-refractivity contribution in [2.24, 2.45) is 5.92 Å². The van der Waals surface area contributed by atoms with Crippen LogP contribution in [0.2, 0.25) is 0 Å². The molecule has 0 aliphatic carbocycles. The minimum Gasteiger partial charge on any atom is -0.444 e. The van der Waals surface area contributed by atoms with Crippen LogP contribution in [0, 0.1) is 5.92 Å². The summed E-state index contributed by atoms with van der Waals surface area (Å²) in [5, 5.41) is -0.0423. The van der Waals surface area contributed by atoms with Crippen LogP contribution in [0.25, 0.3) is 0 Å². The molecule has 1 unspecified atom stereocenters. The highest BCUT2D eigenvalue weighted by atomic mass is 35.5. The summed E-state index contributed by atoms with van der Waals surface area (Å²) < 4.78 is 5.38. The Morgan fingerprint density at radius 2 is 1.95 bits per heavy atom.